The predicted molar refractivity (Wildman–Crippen MR) is 97.0 cm³/mol. The van der Waals surface area contributed by atoms with Gasteiger partial charge in [0, 0.05) is 23.2 Å². The molecule has 2 aromatic carbocycles. The van der Waals surface area contributed by atoms with E-state index in [0.717, 1.165) is 22.5 Å². The number of hydrogen-bond acceptors (Lipinski definition) is 3. The second kappa shape index (κ2) is 6.71. The van der Waals surface area contributed by atoms with Crippen LogP contribution in [0.5, 0.6) is 0 Å². The number of rotatable bonds is 3. The molecule has 1 heterocycles. The molecule has 0 aliphatic carbocycles. The summed E-state index contributed by atoms with van der Waals surface area (Å²) < 4.78 is 0. The van der Waals surface area contributed by atoms with Gasteiger partial charge in [-0.3, -0.25) is 9.79 Å². The van der Waals surface area contributed by atoms with Gasteiger partial charge in [-0.2, -0.15) is 0 Å². The number of hydrogen-bond donors (Lipinski definition) is 2. The van der Waals surface area contributed by atoms with Crippen LogP contribution in [0.1, 0.15) is 24.5 Å². The number of anilines is 1. The Hall–Kier alpha value is -2.53. The molecule has 3 rings (SSSR count). The molecule has 23 heavy (non-hydrogen) atoms. The van der Waals surface area contributed by atoms with Gasteiger partial charge in [0.05, 0.1) is 5.71 Å². The maximum atomic E-state index is 11.8. The number of carbonyl (C=O) groups excluding carboxylic acids is 1. The highest BCUT2D eigenvalue weighted by atomic mass is 32.1. The molecule has 0 bridgehead atoms. The van der Waals surface area contributed by atoms with E-state index in [1.165, 1.54) is 0 Å². The number of para-hydroxylation sites is 1. The van der Waals surface area contributed by atoms with Crippen LogP contribution in [0.4, 0.5) is 5.69 Å². The Balaban J connectivity index is 2.11. The Kier molecular flexibility index (Phi) is 4.48. The monoisotopic (exact) mass is 323 g/mol. The van der Waals surface area contributed by atoms with Gasteiger partial charge in [-0.05, 0) is 6.07 Å². The quantitative estimate of drug-likeness (QED) is 0.853. The van der Waals surface area contributed by atoms with E-state index >= 15 is 0 Å². The van der Waals surface area contributed by atoms with Crippen LogP contribution in [-0.2, 0) is 4.79 Å². The van der Waals surface area contributed by atoms with Gasteiger partial charge in [0.25, 0.3) is 0 Å². The highest BCUT2D eigenvalue weighted by molar-refractivity contribution is 7.80. The minimum absolute atomic E-state index is 0.0822. The summed E-state index contributed by atoms with van der Waals surface area (Å²) in [6, 6.07) is 17.8. The molecule has 0 spiro atoms. The average molecular weight is 323 g/mol. The highest BCUT2D eigenvalue weighted by Crippen LogP contribution is 2.24. The topological polar surface area (TPSA) is 53.5 Å². The first-order valence-electron chi connectivity index (χ1n) is 7.52. The van der Waals surface area contributed by atoms with Crippen molar-refractivity contribution in [2.75, 3.05) is 5.32 Å². The lowest BCUT2D eigenvalue weighted by atomic mass is 10.0. The molecule has 116 valence electrons. The molecule has 1 atom stereocenters. The van der Waals surface area contributed by atoms with Crippen molar-refractivity contribution in [2.45, 2.75) is 19.5 Å². The first-order valence-corrected chi connectivity index (χ1v) is 7.92. The van der Waals surface area contributed by atoms with Crippen LogP contribution >= 0.6 is 12.2 Å². The van der Waals surface area contributed by atoms with Crippen LogP contribution in [0.2, 0.25) is 0 Å². The molecule has 0 saturated carbocycles. The number of amides is 1. The van der Waals surface area contributed by atoms with E-state index in [9.17, 15) is 4.79 Å². The Labute approximate surface area is 140 Å². The van der Waals surface area contributed by atoms with Gasteiger partial charge in [0.1, 0.15) is 4.99 Å². The number of nitrogens with zero attached hydrogens (tertiary/aromatic N) is 1. The van der Waals surface area contributed by atoms with Crippen molar-refractivity contribution in [3.05, 3.63) is 65.7 Å². The zero-order valence-electron chi connectivity index (χ0n) is 12.7. The summed E-state index contributed by atoms with van der Waals surface area (Å²) in [4.78, 5) is 17.0. The third kappa shape index (κ3) is 3.29. The maximum absolute atomic E-state index is 11.8. The average Bonchev–Trinajstić information content (AvgIpc) is 2.72. The molecule has 0 radical (unpaired) electrons. The van der Waals surface area contributed by atoms with E-state index in [0.29, 0.717) is 11.4 Å². The Morgan fingerprint density at radius 1 is 1.17 bits per heavy atom. The second-order valence-electron chi connectivity index (χ2n) is 5.20. The van der Waals surface area contributed by atoms with Crippen molar-refractivity contribution in [2.24, 2.45) is 4.99 Å². The molecule has 0 saturated heterocycles. The SMILES string of the molecule is CCC(=O)NC1N=C(c2ccccc2)c2ccccc2NC1=S. The van der Waals surface area contributed by atoms with Gasteiger partial charge in [0.2, 0.25) is 5.91 Å². The smallest absolute Gasteiger partial charge is 0.221 e. The van der Waals surface area contributed by atoms with Gasteiger partial charge in [-0.25, -0.2) is 0 Å². The Morgan fingerprint density at radius 3 is 2.61 bits per heavy atom. The van der Waals surface area contributed by atoms with Crippen molar-refractivity contribution < 1.29 is 4.79 Å². The molecule has 0 aromatic heterocycles. The summed E-state index contributed by atoms with van der Waals surface area (Å²) in [6.07, 6.45) is -0.178. The van der Waals surface area contributed by atoms with Crippen molar-refractivity contribution in [1.29, 1.82) is 0 Å². The molecule has 4 nitrogen and oxygen atoms in total. The van der Waals surface area contributed by atoms with Gasteiger partial charge in [0.15, 0.2) is 6.17 Å². The second-order valence-corrected chi connectivity index (χ2v) is 5.64. The lowest BCUT2D eigenvalue weighted by Crippen LogP contribution is -2.41. The molecule has 2 aromatic rings. The van der Waals surface area contributed by atoms with E-state index in [4.69, 9.17) is 17.2 Å². The largest absolute Gasteiger partial charge is 0.346 e. The summed E-state index contributed by atoms with van der Waals surface area (Å²) in [5.74, 6) is -0.0822. The fraction of sp³-hybridized carbons (Fsp3) is 0.167. The lowest BCUT2D eigenvalue weighted by Gasteiger charge is -2.15. The van der Waals surface area contributed by atoms with Crippen molar-refractivity contribution in [3.8, 4) is 0 Å². The summed E-state index contributed by atoms with van der Waals surface area (Å²) in [5, 5.41) is 6.07. The van der Waals surface area contributed by atoms with E-state index in [1.807, 2.05) is 54.6 Å². The van der Waals surface area contributed by atoms with E-state index < -0.39 is 6.17 Å². The molecular weight excluding hydrogens is 306 g/mol. The lowest BCUT2D eigenvalue weighted by molar-refractivity contribution is -0.121. The van der Waals surface area contributed by atoms with Gasteiger partial charge >= 0.3 is 0 Å². The number of nitrogens with one attached hydrogen (secondary N) is 2. The van der Waals surface area contributed by atoms with Crippen LogP contribution < -0.4 is 10.6 Å². The summed E-state index contributed by atoms with van der Waals surface area (Å²) in [6.45, 7) is 1.80. The molecule has 2 N–H and O–H groups in total. The van der Waals surface area contributed by atoms with Crippen LogP contribution in [0, 0.1) is 0 Å². The molecular formula is C18H17N3OS. The first-order chi connectivity index (χ1) is 11.2. The predicted octanol–water partition coefficient (Wildman–Crippen LogP) is 3.13. The van der Waals surface area contributed by atoms with E-state index in [1.54, 1.807) is 6.92 Å². The summed E-state index contributed by atoms with van der Waals surface area (Å²) in [5.41, 5.74) is 3.67. The number of aliphatic imine (C=N–C) groups is 1. The van der Waals surface area contributed by atoms with Gasteiger partial charge in [-0.15, -0.1) is 0 Å². The third-order valence-corrected chi connectivity index (χ3v) is 3.94. The molecule has 1 unspecified atom stereocenters. The number of thiocarbonyl (C=S) groups is 1. The maximum Gasteiger partial charge on any atom is 0.221 e. The summed E-state index contributed by atoms with van der Waals surface area (Å²) >= 11 is 5.43. The fourth-order valence-corrected chi connectivity index (χ4v) is 2.66. The standard InChI is InChI=1S/C18H17N3OS/c1-2-15(22)20-17-18(23)19-14-11-7-6-10-13(14)16(21-17)12-8-4-3-5-9-12/h3-11,17H,2H2,1H3,(H,19,23)(H,20,22). The van der Waals surface area contributed by atoms with Crippen LogP contribution in [0.15, 0.2) is 59.6 Å². The van der Waals surface area contributed by atoms with Crippen molar-refractivity contribution in [1.82, 2.24) is 5.32 Å². The molecule has 1 aliphatic heterocycles. The fourth-order valence-electron chi connectivity index (χ4n) is 2.44. The van der Waals surface area contributed by atoms with E-state index in [-0.39, 0.29) is 5.91 Å². The van der Waals surface area contributed by atoms with Crippen LogP contribution in [-0.4, -0.2) is 22.8 Å². The van der Waals surface area contributed by atoms with Crippen molar-refractivity contribution in [3.63, 3.8) is 0 Å². The molecule has 1 amide bonds. The minimum Gasteiger partial charge on any atom is -0.346 e. The summed E-state index contributed by atoms with van der Waals surface area (Å²) in [7, 11) is 0. The highest BCUT2D eigenvalue weighted by Gasteiger charge is 2.23. The first kappa shape index (κ1) is 15.4. The van der Waals surface area contributed by atoms with Gasteiger partial charge < -0.3 is 10.6 Å². The zero-order valence-corrected chi connectivity index (χ0v) is 13.6. The normalized spacial score (nSPS) is 16.7. The minimum atomic E-state index is -0.569. The Morgan fingerprint density at radius 2 is 1.87 bits per heavy atom. The molecule has 0 fully saturated rings. The number of benzodiazepines with no additional fused rings is 1. The van der Waals surface area contributed by atoms with Gasteiger partial charge in [-0.1, -0.05) is 67.7 Å². The van der Waals surface area contributed by atoms with Crippen molar-refractivity contribution >= 4 is 34.5 Å². The zero-order chi connectivity index (χ0) is 16.2. The molecule has 5 heteroatoms. The number of benzene rings is 2. The number of fused-ring (bicyclic) bond motifs is 1. The third-order valence-electron chi connectivity index (χ3n) is 3.61. The molecule has 1 aliphatic rings. The van der Waals surface area contributed by atoms with Crippen LogP contribution in [0.3, 0.4) is 0 Å². The van der Waals surface area contributed by atoms with Crippen LogP contribution in [0.25, 0.3) is 0 Å². The number of carbonyl (C=O) groups is 1. The Bertz CT molecular complexity index is 771. The van der Waals surface area contributed by atoms with E-state index in [2.05, 4.69) is 10.6 Å².